The number of H-pyrrole nitrogens is 1. The molecule has 1 unspecified atom stereocenters. The molecule has 0 fully saturated rings. The summed E-state index contributed by atoms with van der Waals surface area (Å²) in [6.07, 6.45) is 6.44. The van der Waals surface area contributed by atoms with Crippen molar-refractivity contribution in [1.82, 2.24) is 19.7 Å². The first-order chi connectivity index (χ1) is 11.7. The van der Waals surface area contributed by atoms with E-state index in [-0.39, 0.29) is 6.61 Å². The summed E-state index contributed by atoms with van der Waals surface area (Å²) in [4.78, 5) is 15.9. The second kappa shape index (κ2) is 7.38. The molecule has 0 aliphatic carbocycles. The molecule has 2 heterocycles. The maximum atomic E-state index is 12.0. The standard InChI is InChI=1S/C17H16N4O3/c22-15(16-18-12-19-20-16)7-6-13-8-9-21(10-13)17(23)24-11-14-4-2-1-3-5-14/h1-10,12,15,22H,11H2,(H,18,19,20)/b7-6+. The molecule has 0 bridgehead atoms. The summed E-state index contributed by atoms with van der Waals surface area (Å²) in [6.45, 7) is 0.216. The van der Waals surface area contributed by atoms with Crippen LogP contribution in [0.4, 0.5) is 4.79 Å². The Morgan fingerprint density at radius 3 is 2.92 bits per heavy atom. The van der Waals surface area contributed by atoms with E-state index in [0.717, 1.165) is 11.1 Å². The second-order valence-electron chi connectivity index (χ2n) is 5.07. The Morgan fingerprint density at radius 1 is 1.33 bits per heavy atom. The van der Waals surface area contributed by atoms with Crippen LogP contribution in [-0.2, 0) is 11.3 Å². The van der Waals surface area contributed by atoms with Gasteiger partial charge in [-0.3, -0.25) is 9.67 Å². The smallest absolute Gasteiger partial charge is 0.418 e. The maximum Gasteiger partial charge on any atom is 0.418 e. The molecular weight excluding hydrogens is 308 g/mol. The number of benzene rings is 1. The third-order valence-corrected chi connectivity index (χ3v) is 3.32. The highest BCUT2D eigenvalue weighted by atomic mass is 16.5. The Bertz CT molecular complexity index is 810. The van der Waals surface area contributed by atoms with Gasteiger partial charge < -0.3 is 9.84 Å². The van der Waals surface area contributed by atoms with E-state index in [4.69, 9.17) is 4.74 Å². The first kappa shape index (κ1) is 15.7. The van der Waals surface area contributed by atoms with Crippen molar-refractivity contribution in [3.8, 4) is 0 Å². The first-order valence-corrected chi connectivity index (χ1v) is 7.33. The van der Waals surface area contributed by atoms with Crippen molar-refractivity contribution < 1.29 is 14.6 Å². The fraction of sp³-hybridized carbons (Fsp3) is 0.118. The zero-order valence-electron chi connectivity index (χ0n) is 12.7. The van der Waals surface area contributed by atoms with Crippen LogP contribution in [0.1, 0.15) is 23.1 Å². The number of aromatic nitrogens is 4. The molecule has 1 atom stereocenters. The van der Waals surface area contributed by atoms with Gasteiger partial charge in [0, 0.05) is 12.4 Å². The van der Waals surface area contributed by atoms with Crippen LogP contribution in [0.25, 0.3) is 6.08 Å². The number of aliphatic hydroxyl groups excluding tert-OH is 1. The highest BCUT2D eigenvalue weighted by Crippen LogP contribution is 2.12. The quantitative estimate of drug-likeness (QED) is 0.752. The average molecular weight is 324 g/mol. The van der Waals surface area contributed by atoms with Crippen molar-refractivity contribution in [2.75, 3.05) is 0 Å². The third-order valence-electron chi connectivity index (χ3n) is 3.32. The average Bonchev–Trinajstić information content (AvgIpc) is 3.30. The Labute approximate surface area is 138 Å². The molecule has 0 radical (unpaired) electrons. The van der Waals surface area contributed by atoms with Crippen molar-refractivity contribution in [3.05, 3.63) is 78.1 Å². The molecule has 0 saturated carbocycles. The van der Waals surface area contributed by atoms with E-state index in [1.807, 2.05) is 30.3 Å². The van der Waals surface area contributed by atoms with Gasteiger partial charge in [-0.25, -0.2) is 9.78 Å². The number of aromatic amines is 1. The maximum absolute atomic E-state index is 12.0. The van der Waals surface area contributed by atoms with Gasteiger partial charge in [0.1, 0.15) is 19.0 Å². The summed E-state index contributed by atoms with van der Waals surface area (Å²) in [6, 6.07) is 11.2. The summed E-state index contributed by atoms with van der Waals surface area (Å²) >= 11 is 0. The summed E-state index contributed by atoms with van der Waals surface area (Å²) in [7, 11) is 0. The van der Waals surface area contributed by atoms with Gasteiger partial charge in [-0.1, -0.05) is 36.4 Å². The Hall–Kier alpha value is -3.19. The fourth-order valence-electron chi connectivity index (χ4n) is 2.07. The highest BCUT2D eigenvalue weighted by molar-refractivity contribution is 5.71. The zero-order chi connectivity index (χ0) is 16.8. The van der Waals surface area contributed by atoms with Crippen LogP contribution >= 0.6 is 0 Å². The monoisotopic (exact) mass is 324 g/mol. The van der Waals surface area contributed by atoms with Gasteiger partial charge >= 0.3 is 6.09 Å². The van der Waals surface area contributed by atoms with Crippen molar-refractivity contribution >= 4 is 12.2 Å². The molecule has 7 heteroatoms. The third kappa shape index (κ3) is 3.96. The van der Waals surface area contributed by atoms with E-state index in [0.29, 0.717) is 5.82 Å². The lowest BCUT2D eigenvalue weighted by Crippen LogP contribution is -2.11. The van der Waals surface area contributed by atoms with E-state index in [9.17, 15) is 9.90 Å². The van der Waals surface area contributed by atoms with E-state index in [1.165, 1.54) is 10.9 Å². The van der Waals surface area contributed by atoms with Gasteiger partial charge in [-0.2, -0.15) is 5.10 Å². The van der Waals surface area contributed by atoms with Gasteiger partial charge in [-0.05, 0) is 23.3 Å². The van der Waals surface area contributed by atoms with Crippen molar-refractivity contribution in [2.45, 2.75) is 12.7 Å². The largest absolute Gasteiger partial charge is 0.444 e. The number of aliphatic hydroxyl groups is 1. The van der Waals surface area contributed by atoms with Crippen molar-refractivity contribution in [2.24, 2.45) is 0 Å². The van der Waals surface area contributed by atoms with Crippen LogP contribution in [0.5, 0.6) is 0 Å². The lowest BCUT2D eigenvalue weighted by atomic mass is 10.2. The molecule has 0 aliphatic rings. The van der Waals surface area contributed by atoms with Crippen molar-refractivity contribution in [3.63, 3.8) is 0 Å². The molecule has 7 nitrogen and oxygen atoms in total. The number of carbonyl (C=O) groups excluding carboxylic acids is 1. The number of hydrogen-bond donors (Lipinski definition) is 2. The van der Waals surface area contributed by atoms with Gasteiger partial charge in [0.2, 0.25) is 0 Å². The molecule has 2 N–H and O–H groups in total. The van der Waals surface area contributed by atoms with E-state index >= 15 is 0 Å². The number of rotatable bonds is 5. The number of ether oxygens (including phenoxy) is 1. The van der Waals surface area contributed by atoms with E-state index in [1.54, 1.807) is 30.6 Å². The minimum atomic E-state index is -0.888. The molecular formula is C17H16N4O3. The Morgan fingerprint density at radius 2 is 2.17 bits per heavy atom. The molecule has 0 spiro atoms. The van der Waals surface area contributed by atoms with Crippen LogP contribution in [0.3, 0.4) is 0 Å². The predicted molar refractivity (Wildman–Crippen MR) is 86.8 cm³/mol. The summed E-state index contributed by atoms with van der Waals surface area (Å²) in [5.74, 6) is 0.355. The lowest BCUT2D eigenvalue weighted by Gasteiger charge is -2.04. The van der Waals surface area contributed by atoms with Gasteiger partial charge in [-0.15, -0.1) is 0 Å². The van der Waals surface area contributed by atoms with Crippen LogP contribution in [-0.4, -0.2) is 30.9 Å². The topological polar surface area (TPSA) is 93.0 Å². The zero-order valence-corrected chi connectivity index (χ0v) is 12.7. The summed E-state index contributed by atoms with van der Waals surface area (Å²) < 4.78 is 6.59. The van der Waals surface area contributed by atoms with Crippen LogP contribution in [0.15, 0.2) is 61.2 Å². The number of carbonyl (C=O) groups is 1. The normalized spacial score (nSPS) is 12.4. The predicted octanol–water partition coefficient (Wildman–Crippen LogP) is 2.54. The summed E-state index contributed by atoms with van der Waals surface area (Å²) in [5.41, 5.74) is 1.68. The van der Waals surface area contributed by atoms with Crippen LogP contribution in [0.2, 0.25) is 0 Å². The van der Waals surface area contributed by atoms with Crippen molar-refractivity contribution in [1.29, 1.82) is 0 Å². The SMILES string of the molecule is O=C(OCc1ccccc1)n1ccc(/C=C/C(O)c2ncn[nH]2)c1. The lowest BCUT2D eigenvalue weighted by molar-refractivity contribution is 0.141. The molecule has 1 aromatic carbocycles. The first-order valence-electron chi connectivity index (χ1n) is 7.33. The molecule has 0 aliphatic heterocycles. The Kier molecular flexibility index (Phi) is 4.83. The van der Waals surface area contributed by atoms with E-state index in [2.05, 4.69) is 15.2 Å². The molecule has 0 amide bonds. The Balaban J connectivity index is 1.57. The molecule has 3 rings (SSSR count). The molecule has 24 heavy (non-hydrogen) atoms. The molecule has 0 saturated heterocycles. The van der Waals surface area contributed by atoms with Gasteiger partial charge in [0.25, 0.3) is 0 Å². The minimum Gasteiger partial charge on any atom is -0.444 e. The number of nitrogens with zero attached hydrogens (tertiary/aromatic N) is 3. The van der Waals surface area contributed by atoms with Gasteiger partial charge in [0.15, 0.2) is 5.82 Å². The number of hydrogen-bond acceptors (Lipinski definition) is 5. The minimum absolute atomic E-state index is 0.216. The van der Waals surface area contributed by atoms with E-state index < -0.39 is 12.2 Å². The highest BCUT2D eigenvalue weighted by Gasteiger charge is 2.08. The molecule has 3 aromatic rings. The molecule has 122 valence electrons. The second-order valence-corrected chi connectivity index (χ2v) is 5.07. The van der Waals surface area contributed by atoms with Crippen LogP contribution in [0, 0.1) is 0 Å². The fourth-order valence-corrected chi connectivity index (χ4v) is 2.07. The number of nitrogens with one attached hydrogen (secondary N) is 1. The van der Waals surface area contributed by atoms with Gasteiger partial charge in [0.05, 0.1) is 0 Å². The molecule has 2 aromatic heterocycles. The van der Waals surface area contributed by atoms with Crippen LogP contribution < -0.4 is 0 Å². The summed E-state index contributed by atoms with van der Waals surface area (Å²) in [5, 5.41) is 16.1.